The van der Waals surface area contributed by atoms with Gasteiger partial charge in [-0.05, 0) is 26.0 Å². The Morgan fingerprint density at radius 3 is 2.90 bits per heavy atom. The van der Waals surface area contributed by atoms with Crippen LogP contribution in [0.15, 0.2) is 24.3 Å². The quantitative estimate of drug-likeness (QED) is 0.864. The number of carboxylic acid groups (broad SMARTS) is 1. The van der Waals surface area contributed by atoms with E-state index in [9.17, 15) is 9.18 Å². The average molecular weight is 279 g/mol. The minimum Gasteiger partial charge on any atom is -0.478 e. The van der Waals surface area contributed by atoms with Gasteiger partial charge in [-0.25, -0.2) is 9.18 Å². The van der Waals surface area contributed by atoms with Crippen LogP contribution < -0.4 is 4.90 Å². The number of carbonyl (C=O) groups is 1. The van der Waals surface area contributed by atoms with Crippen LogP contribution in [0.3, 0.4) is 0 Å². The number of ether oxygens (including phenoxy) is 1. The Balaban J connectivity index is 2.37. The summed E-state index contributed by atoms with van der Waals surface area (Å²) in [6.45, 7) is 5.56. The second-order valence-corrected chi connectivity index (χ2v) is 5.38. The highest BCUT2D eigenvalue weighted by atomic mass is 19.1. The second kappa shape index (κ2) is 5.63. The molecule has 1 aliphatic rings. The molecule has 0 atom stereocenters. The molecule has 0 aromatic heterocycles. The van der Waals surface area contributed by atoms with E-state index < -0.39 is 5.97 Å². The summed E-state index contributed by atoms with van der Waals surface area (Å²) in [5.74, 6) is -1.40. The SMILES string of the molecule is CC1(C)CN(c2c(F)cccc2/C=C/C(=O)O)CCO1. The molecule has 1 heterocycles. The zero-order valence-corrected chi connectivity index (χ0v) is 11.6. The van der Waals surface area contributed by atoms with Crippen molar-refractivity contribution in [2.45, 2.75) is 19.4 Å². The van der Waals surface area contributed by atoms with E-state index in [0.29, 0.717) is 30.9 Å². The molecule has 108 valence electrons. The van der Waals surface area contributed by atoms with E-state index >= 15 is 0 Å². The van der Waals surface area contributed by atoms with Crippen LogP contribution in [0.1, 0.15) is 19.4 Å². The zero-order chi connectivity index (χ0) is 14.8. The van der Waals surface area contributed by atoms with Crippen LogP contribution in [0.4, 0.5) is 10.1 Å². The first kappa shape index (κ1) is 14.5. The highest BCUT2D eigenvalue weighted by Crippen LogP contribution is 2.29. The predicted octanol–water partition coefficient (Wildman–Crippen LogP) is 2.54. The number of hydrogen-bond donors (Lipinski definition) is 1. The van der Waals surface area contributed by atoms with Crippen LogP contribution in [0.5, 0.6) is 0 Å². The number of carboxylic acids is 1. The third kappa shape index (κ3) is 3.36. The van der Waals surface area contributed by atoms with Gasteiger partial charge in [-0.3, -0.25) is 0 Å². The summed E-state index contributed by atoms with van der Waals surface area (Å²) in [4.78, 5) is 12.5. The van der Waals surface area contributed by atoms with Crippen LogP contribution in [0, 0.1) is 5.82 Å². The van der Waals surface area contributed by atoms with Crippen molar-refractivity contribution in [3.8, 4) is 0 Å². The summed E-state index contributed by atoms with van der Waals surface area (Å²) in [5, 5.41) is 8.71. The Morgan fingerprint density at radius 1 is 1.50 bits per heavy atom. The van der Waals surface area contributed by atoms with Gasteiger partial charge in [0.15, 0.2) is 0 Å². The van der Waals surface area contributed by atoms with Gasteiger partial charge in [-0.1, -0.05) is 12.1 Å². The number of hydrogen-bond acceptors (Lipinski definition) is 3. The molecular formula is C15H18FNO3. The Labute approximate surface area is 117 Å². The minimum absolute atomic E-state index is 0.352. The normalized spacial score (nSPS) is 18.4. The molecule has 1 aromatic rings. The van der Waals surface area contributed by atoms with Crippen molar-refractivity contribution >= 4 is 17.7 Å². The predicted molar refractivity (Wildman–Crippen MR) is 75.3 cm³/mol. The fraction of sp³-hybridized carbons (Fsp3) is 0.400. The summed E-state index contributed by atoms with van der Waals surface area (Å²) in [6, 6.07) is 4.67. The lowest BCUT2D eigenvalue weighted by Crippen LogP contribution is -2.48. The van der Waals surface area contributed by atoms with E-state index in [-0.39, 0.29) is 11.4 Å². The molecule has 2 rings (SSSR count). The summed E-state index contributed by atoms with van der Waals surface area (Å²) in [7, 11) is 0. The van der Waals surface area contributed by atoms with Crippen molar-refractivity contribution in [3.05, 3.63) is 35.7 Å². The van der Waals surface area contributed by atoms with Crippen molar-refractivity contribution in [3.63, 3.8) is 0 Å². The Morgan fingerprint density at radius 2 is 2.25 bits per heavy atom. The van der Waals surface area contributed by atoms with Gasteiger partial charge in [0.2, 0.25) is 0 Å². The van der Waals surface area contributed by atoms with Crippen molar-refractivity contribution in [2.24, 2.45) is 0 Å². The van der Waals surface area contributed by atoms with E-state index in [1.54, 1.807) is 12.1 Å². The van der Waals surface area contributed by atoms with Crippen LogP contribution in [0.2, 0.25) is 0 Å². The second-order valence-electron chi connectivity index (χ2n) is 5.38. The van der Waals surface area contributed by atoms with Crippen LogP contribution in [0.25, 0.3) is 6.08 Å². The van der Waals surface area contributed by atoms with Crippen LogP contribution >= 0.6 is 0 Å². The molecule has 0 bridgehead atoms. The molecule has 0 unspecified atom stereocenters. The van der Waals surface area contributed by atoms with Crippen molar-refractivity contribution in [1.29, 1.82) is 0 Å². The minimum atomic E-state index is -1.05. The summed E-state index contributed by atoms with van der Waals surface area (Å²) < 4.78 is 19.8. The maximum absolute atomic E-state index is 14.1. The number of nitrogens with zero attached hydrogens (tertiary/aromatic N) is 1. The lowest BCUT2D eigenvalue weighted by molar-refractivity contribution is -0.131. The first-order valence-electron chi connectivity index (χ1n) is 6.47. The number of para-hydroxylation sites is 1. The maximum Gasteiger partial charge on any atom is 0.328 e. The van der Waals surface area contributed by atoms with E-state index in [4.69, 9.17) is 9.84 Å². The largest absolute Gasteiger partial charge is 0.478 e. The van der Waals surface area contributed by atoms with E-state index in [2.05, 4.69) is 0 Å². The molecule has 0 aliphatic carbocycles. The highest BCUT2D eigenvalue weighted by Gasteiger charge is 2.29. The van der Waals surface area contributed by atoms with Gasteiger partial charge in [-0.15, -0.1) is 0 Å². The van der Waals surface area contributed by atoms with Gasteiger partial charge in [-0.2, -0.15) is 0 Å². The van der Waals surface area contributed by atoms with Gasteiger partial charge in [0, 0.05) is 24.7 Å². The van der Waals surface area contributed by atoms with Gasteiger partial charge < -0.3 is 14.7 Å². The number of halogens is 1. The van der Waals surface area contributed by atoms with Gasteiger partial charge >= 0.3 is 5.97 Å². The van der Waals surface area contributed by atoms with E-state index in [1.807, 2.05) is 18.7 Å². The molecule has 0 radical (unpaired) electrons. The number of rotatable bonds is 3. The number of aliphatic carboxylic acids is 1. The number of benzene rings is 1. The molecule has 4 nitrogen and oxygen atoms in total. The Bertz CT molecular complexity index is 540. The molecular weight excluding hydrogens is 261 g/mol. The average Bonchev–Trinajstić information content (AvgIpc) is 2.35. The van der Waals surface area contributed by atoms with Crippen molar-refractivity contribution < 1.29 is 19.0 Å². The third-order valence-electron chi connectivity index (χ3n) is 3.17. The molecule has 0 saturated carbocycles. The lowest BCUT2D eigenvalue weighted by atomic mass is 10.0. The van der Waals surface area contributed by atoms with Crippen LogP contribution in [-0.2, 0) is 9.53 Å². The molecule has 5 heteroatoms. The molecule has 1 aromatic carbocycles. The maximum atomic E-state index is 14.1. The zero-order valence-electron chi connectivity index (χ0n) is 11.6. The summed E-state index contributed by atoms with van der Waals surface area (Å²) in [6.07, 6.45) is 2.44. The molecule has 1 saturated heterocycles. The summed E-state index contributed by atoms with van der Waals surface area (Å²) in [5.41, 5.74) is 0.639. The monoisotopic (exact) mass is 279 g/mol. The Kier molecular flexibility index (Phi) is 4.09. The molecule has 0 amide bonds. The topological polar surface area (TPSA) is 49.8 Å². The number of morpholine rings is 1. The van der Waals surface area contributed by atoms with Gasteiger partial charge in [0.05, 0.1) is 17.9 Å². The highest BCUT2D eigenvalue weighted by molar-refractivity contribution is 5.87. The molecule has 1 N–H and O–H groups in total. The fourth-order valence-corrected chi connectivity index (χ4v) is 2.37. The van der Waals surface area contributed by atoms with Gasteiger partial charge in [0.1, 0.15) is 5.82 Å². The van der Waals surface area contributed by atoms with Crippen molar-refractivity contribution in [2.75, 3.05) is 24.6 Å². The summed E-state index contributed by atoms with van der Waals surface area (Å²) >= 11 is 0. The molecule has 1 aliphatic heterocycles. The first-order valence-corrected chi connectivity index (χ1v) is 6.47. The van der Waals surface area contributed by atoms with Crippen molar-refractivity contribution in [1.82, 2.24) is 0 Å². The lowest BCUT2D eigenvalue weighted by Gasteiger charge is -2.40. The first-order chi connectivity index (χ1) is 9.39. The van der Waals surface area contributed by atoms with E-state index in [1.165, 1.54) is 12.1 Å². The van der Waals surface area contributed by atoms with Gasteiger partial charge in [0.25, 0.3) is 0 Å². The molecule has 0 spiro atoms. The standard InChI is InChI=1S/C15H18FNO3/c1-15(2)10-17(8-9-20-15)14-11(6-7-13(18)19)4-3-5-12(14)16/h3-7H,8-10H2,1-2H3,(H,18,19)/b7-6+. The number of anilines is 1. The van der Waals surface area contributed by atoms with E-state index in [0.717, 1.165) is 6.08 Å². The van der Waals surface area contributed by atoms with Crippen LogP contribution in [-0.4, -0.2) is 36.4 Å². The smallest absolute Gasteiger partial charge is 0.328 e. The fourth-order valence-electron chi connectivity index (χ4n) is 2.37. The molecule has 20 heavy (non-hydrogen) atoms. The Hall–Kier alpha value is -1.88. The molecule has 1 fully saturated rings. The third-order valence-corrected chi connectivity index (χ3v) is 3.17.